The number of fused-ring (bicyclic) bond motifs is 1. The highest BCUT2D eigenvalue weighted by Crippen LogP contribution is 2.37. The Morgan fingerprint density at radius 1 is 1.14 bits per heavy atom. The maximum atomic E-state index is 12.8. The normalized spacial score (nSPS) is 15.7. The van der Waals surface area contributed by atoms with E-state index in [2.05, 4.69) is 41.2 Å². The van der Waals surface area contributed by atoms with Crippen LogP contribution < -0.4 is 10.1 Å². The minimum absolute atomic E-state index is 0.183. The second kappa shape index (κ2) is 7.57. The summed E-state index contributed by atoms with van der Waals surface area (Å²) >= 11 is 3.17. The van der Waals surface area contributed by atoms with Gasteiger partial charge in [0.1, 0.15) is 17.8 Å². The molecule has 0 radical (unpaired) electrons. The van der Waals surface area contributed by atoms with Crippen molar-refractivity contribution in [2.75, 3.05) is 5.32 Å². The van der Waals surface area contributed by atoms with Gasteiger partial charge in [-0.05, 0) is 31.0 Å². The molecule has 0 amide bonds. The zero-order chi connectivity index (χ0) is 19.7. The van der Waals surface area contributed by atoms with E-state index >= 15 is 0 Å². The molecule has 2 aromatic heterocycles. The van der Waals surface area contributed by atoms with E-state index in [-0.39, 0.29) is 17.0 Å². The van der Waals surface area contributed by atoms with E-state index in [1.165, 1.54) is 18.6 Å². The summed E-state index contributed by atoms with van der Waals surface area (Å²) in [6.07, 6.45) is 3.96. The van der Waals surface area contributed by atoms with Gasteiger partial charge in [0.15, 0.2) is 0 Å². The summed E-state index contributed by atoms with van der Waals surface area (Å²) in [6, 6.07) is 4.69. The third-order valence-electron chi connectivity index (χ3n) is 4.72. The number of nitrogens with zero attached hydrogens (tertiary/aromatic N) is 4. The zero-order valence-electron chi connectivity index (χ0n) is 14.7. The predicted octanol–water partition coefficient (Wildman–Crippen LogP) is 5.20. The van der Waals surface area contributed by atoms with Crippen molar-refractivity contribution in [2.45, 2.75) is 44.5 Å². The first kappa shape index (κ1) is 19.0. The molecule has 1 aliphatic rings. The van der Waals surface area contributed by atoms with Crippen molar-refractivity contribution in [3.63, 3.8) is 0 Å². The molecular weight excluding hydrogens is 439 g/mol. The lowest BCUT2D eigenvalue weighted by molar-refractivity contribution is -0.274. The van der Waals surface area contributed by atoms with Gasteiger partial charge in [-0.25, -0.2) is 4.98 Å². The number of hydrogen-bond donors (Lipinski definition) is 1. The van der Waals surface area contributed by atoms with Crippen molar-refractivity contribution in [3.05, 3.63) is 35.2 Å². The predicted molar refractivity (Wildman–Crippen MR) is 101 cm³/mol. The number of benzene rings is 1. The fraction of sp³-hybridized carbons (Fsp3) is 0.389. The molecule has 1 fully saturated rings. The molecule has 1 aromatic carbocycles. The third-order valence-corrected chi connectivity index (χ3v) is 5.21. The van der Waals surface area contributed by atoms with E-state index in [0.29, 0.717) is 22.0 Å². The first-order valence-electron chi connectivity index (χ1n) is 8.92. The summed E-state index contributed by atoms with van der Waals surface area (Å²) in [5, 5.41) is 11.8. The minimum Gasteiger partial charge on any atom is -0.405 e. The molecule has 0 aliphatic heterocycles. The van der Waals surface area contributed by atoms with E-state index in [1.54, 1.807) is 23.0 Å². The van der Waals surface area contributed by atoms with Gasteiger partial charge in [-0.3, -0.25) is 4.40 Å². The maximum absolute atomic E-state index is 12.8. The lowest BCUT2D eigenvalue weighted by Crippen LogP contribution is -2.24. The van der Waals surface area contributed by atoms with E-state index in [4.69, 9.17) is 0 Å². The maximum Gasteiger partial charge on any atom is 0.573 e. The lowest BCUT2D eigenvalue weighted by atomic mass is 9.96. The molecule has 0 unspecified atom stereocenters. The van der Waals surface area contributed by atoms with Crippen LogP contribution in [0.4, 0.5) is 19.1 Å². The van der Waals surface area contributed by atoms with Gasteiger partial charge in [0.25, 0.3) is 0 Å². The van der Waals surface area contributed by atoms with Crippen LogP contribution in [0.15, 0.2) is 35.2 Å². The van der Waals surface area contributed by atoms with Crippen LogP contribution >= 0.6 is 15.9 Å². The number of nitrogens with one attached hydrogen (secondary N) is 1. The van der Waals surface area contributed by atoms with Crippen LogP contribution in [0.3, 0.4) is 0 Å². The quantitative estimate of drug-likeness (QED) is 0.585. The molecule has 0 atom stereocenters. The first-order valence-corrected chi connectivity index (χ1v) is 9.71. The molecule has 28 heavy (non-hydrogen) atoms. The first-order chi connectivity index (χ1) is 13.4. The topological polar surface area (TPSA) is 64.3 Å². The van der Waals surface area contributed by atoms with E-state index < -0.39 is 6.36 Å². The molecule has 0 saturated heterocycles. The summed E-state index contributed by atoms with van der Waals surface area (Å²) in [6.45, 7) is 0. The SMILES string of the molecule is FC(F)(F)Oc1cc(Br)ccc1-c1nnc(NC2CCCCC2)n2cncc12. The van der Waals surface area contributed by atoms with Crippen molar-refractivity contribution in [2.24, 2.45) is 0 Å². The molecule has 1 saturated carbocycles. The van der Waals surface area contributed by atoms with Gasteiger partial charge in [0.05, 0.1) is 11.7 Å². The fourth-order valence-electron chi connectivity index (χ4n) is 3.46. The minimum atomic E-state index is -4.82. The number of ether oxygens (including phenoxy) is 1. The molecule has 1 aliphatic carbocycles. The Balaban J connectivity index is 1.74. The van der Waals surface area contributed by atoms with Gasteiger partial charge in [-0.2, -0.15) is 0 Å². The van der Waals surface area contributed by atoms with Crippen LogP contribution in [-0.2, 0) is 0 Å². The summed E-state index contributed by atoms with van der Waals surface area (Å²) in [5.74, 6) is 0.172. The average molecular weight is 456 g/mol. The Labute approximate surface area is 167 Å². The van der Waals surface area contributed by atoms with Gasteiger partial charge >= 0.3 is 6.36 Å². The van der Waals surface area contributed by atoms with E-state index in [0.717, 1.165) is 25.7 Å². The fourth-order valence-corrected chi connectivity index (χ4v) is 3.80. The molecule has 148 valence electrons. The molecule has 3 aromatic rings. The smallest absolute Gasteiger partial charge is 0.405 e. The Bertz CT molecular complexity index is 985. The molecular formula is C18H17BrF3N5O. The molecule has 1 N–H and O–H groups in total. The Hall–Kier alpha value is -2.36. The van der Waals surface area contributed by atoms with Crippen molar-refractivity contribution in [1.82, 2.24) is 19.6 Å². The summed E-state index contributed by atoms with van der Waals surface area (Å²) in [4.78, 5) is 4.13. The van der Waals surface area contributed by atoms with Crippen LogP contribution in [0.2, 0.25) is 0 Å². The average Bonchev–Trinajstić information content (AvgIpc) is 3.13. The molecule has 0 bridgehead atoms. The molecule has 4 rings (SSSR count). The molecule has 0 spiro atoms. The van der Waals surface area contributed by atoms with Crippen molar-refractivity contribution >= 4 is 27.4 Å². The summed E-state index contributed by atoms with van der Waals surface area (Å²) in [5.41, 5.74) is 0.990. The van der Waals surface area contributed by atoms with Crippen LogP contribution in [0.1, 0.15) is 32.1 Å². The second-order valence-corrected chi connectivity index (χ2v) is 7.60. The number of anilines is 1. The lowest BCUT2D eigenvalue weighted by Gasteiger charge is -2.23. The van der Waals surface area contributed by atoms with Crippen LogP contribution in [-0.4, -0.2) is 32.0 Å². The van der Waals surface area contributed by atoms with Gasteiger partial charge in [0.2, 0.25) is 5.95 Å². The van der Waals surface area contributed by atoms with Gasteiger partial charge < -0.3 is 10.1 Å². The molecule has 2 heterocycles. The Morgan fingerprint density at radius 3 is 2.68 bits per heavy atom. The van der Waals surface area contributed by atoms with E-state index in [1.807, 2.05) is 0 Å². The number of aromatic nitrogens is 4. The van der Waals surface area contributed by atoms with Gasteiger partial charge in [-0.15, -0.1) is 23.4 Å². The molecule has 6 nitrogen and oxygen atoms in total. The van der Waals surface area contributed by atoms with Crippen LogP contribution in [0.5, 0.6) is 5.75 Å². The monoisotopic (exact) mass is 455 g/mol. The van der Waals surface area contributed by atoms with Gasteiger partial charge in [-0.1, -0.05) is 35.2 Å². The molecule has 10 heteroatoms. The Kier molecular flexibility index (Phi) is 5.13. The zero-order valence-corrected chi connectivity index (χ0v) is 16.3. The van der Waals surface area contributed by atoms with E-state index in [9.17, 15) is 13.2 Å². The number of halogens is 4. The highest BCUT2D eigenvalue weighted by atomic mass is 79.9. The number of alkyl halides is 3. The highest BCUT2D eigenvalue weighted by molar-refractivity contribution is 9.10. The van der Waals surface area contributed by atoms with Crippen molar-refractivity contribution in [3.8, 4) is 17.0 Å². The van der Waals surface area contributed by atoms with Crippen molar-refractivity contribution in [1.29, 1.82) is 0 Å². The highest BCUT2D eigenvalue weighted by Gasteiger charge is 2.33. The summed E-state index contributed by atoms with van der Waals surface area (Å²) in [7, 11) is 0. The standard InChI is InChI=1S/C18H17BrF3N5O/c19-11-6-7-13(15(8-11)28-18(20,21)22)16-14-9-23-10-27(14)17(26-25-16)24-12-4-2-1-3-5-12/h6-10,12H,1-5H2,(H,24,26). The van der Waals surface area contributed by atoms with Crippen molar-refractivity contribution < 1.29 is 17.9 Å². The number of hydrogen-bond acceptors (Lipinski definition) is 5. The van der Waals surface area contributed by atoms with Crippen LogP contribution in [0, 0.1) is 0 Å². The van der Waals surface area contributed by atoms with Gasteiger partial charge in [0, 0.05) is 16.1 Å². The van der Waals surface area contributed by atoms with Crippen LogP contribution in [0.25, 0.3) is 16.8 Å². The largest absolute Gasteiger partial charge is 0.573 e. The number of imidazole rings is 1. The number of rotatable bonds is 4. The summed E-state index contributed by atoms with van der Waals surface area (Å²) < 4.78 is 44.9. The Morgan fingerprint density at radius 2 is 1.93 bits per heavy atom. The third kappa shape index (κ3) is 4.06. The second-order valence-electron chi connectivity index (χ2n) is 6.69.